The molecule has 0 spiro atoms. The van der Waals surface area contributed by atoms with Crippen LogP contribution in [0.25, 0.3) is 0 Å². The van der Waals surface area contributed by atoms with Crippen LogP contribution in [0.15, 0.2) is 18.3 Å². The number of hydrogen-bond acceptors (Lipinski definition) is 4. The molecule has 3 rings (SSSR count). The van der Waals surface area contributed by atoms with Crippen molar-refractivity contribution in [1.82, 2.24) is 15.2 Å². The summed E-state index contributed by atoms with van der Waals surface area (Å²) in [7, 11) is 1.61. The Morgan fingerprint density at radius 1 is 1.58 bits per heavy atom. The normalized spacial score (nSPS) is 26.4. The minimum absolute atomic E-state index is 0.163. The predicted octanol–water partition coefficient (Wildman–Crippen LogP) is 0.801. The minimum Gasteiger partial charge on any atom is -0.481 e. The van der Waals surface area contributed by atoms with Gasteiger partial charge in [0.15, 0.2) is 0 Å². The van der Waals surface area contributed by atoms with E-state index >= 15 is 0 Å². The molecule has 5 heteroatoms. The lowest BCUT2D eigenvalue weighted by Gasteiger charge is -2.23. The number of amides is 1. The number of carbonyl (C=O) groups is 1. The van der Waals surface area contributed by atoms with Gasteiger partial charge in [0.1, 0.15) is 0 Å². The number of piperidine rings is 1. The first-order valence-corrected chi connectivity index (χ1v) is 6.79. The Hall–Kier alpha value is -1.62. The van der Waals surface area contributed by atoms with Crippen LogP contribution >= 0.6 is 0 Å². The number of hydrogen-bond donors (Lipinski definition) is 1. The van der Waals surface area contributed by atoms with Crippen molar-refractivity contribution in [3.05, 3.63) is 23.9 Å². The van der Waals surface area contributed by atoms with E-state index in [9.17, 15) is 4.79 Å². The van der Waals surface area contributed by atoms with Crippen molar-refractivity contribution in [2.24, 2.45) is 5.92 Å². The first-order valence-electron chi connectivity index (χ1n) is 6.79. The van der Waals surface area contributed by atoms with Crippen LogP contribution in [0.2, 0.25) is 0 Å². The maximum atomic E-state index is 12.4. The zero-order valence-corrected chi connectivity index (χ0v) is 11.1. The summed E-state index contributed by atoms with van der Waals surface area (Å²) in [6, 6.07) is 4.17. The zero-order valence-electron chi connectivity index (χ0n) is 11.1. The molecule has 1 amide bonds. The van der Waals surface area contributed by atoms with Crippen molar-refractivity contribution < 1.29 is 9.53 Å². The van der Waals surface area contributed by atoms with Gasteiger partial charge in [-0.3, -0.25) is 4.79 Å². The molecule has 0 saturated carbocycles. The molecule has 2 aliphatic rings. The molecule has 2 atom stereocenters. The second kappa shape index (κ2) is 5.17. The fourth-order valence-electron chi connectivity index (χ4n) is 3.08. The number of likely N-dealkylation sites (tertiary alicyclic amines) is 1. The van der Waals surface area contributed by atoms with Crippen molar-refractivity contribution in [1.29, 1.82) is 0 Å². The molecular weight excluding hydrogens is 242 g/mol. The largest absolute Gasteiger partial charge is 0.481 e. The van der Waals surface area contributed by atoms with E-state index in [1.807, 2.05) is 17.0 Å². The molecule has 3 heterocycles. The second-order valence-electron chi connectivity index (χ2n) is 5.20. The van der Waals surface area contributed by atoms with Crippen LogP contribution in [0.1, 0.15) is 18.4 Å². The number of pyridine rings is 1. The summed E-state index contributed by atoms with van der Waals surface area (Å²) < 4.78 is 5.24. The number of ether oxygens (including phenoxy) is 1. The van der Waals surface area contributed by atoms with Crippen LogP contribution in [0.4, 0.5) is 0 Å². The molecule has 0 bridgehead atoms. The predicted molar refractivity (Wildman–Crippen MR) is 70.7 cm³/mol. The number of nitrogens with zero attached hydrogens (tertiary/aromatic N) is 2. The molecule has 1 N–H and O–H groups in total. The van der Waals surface area contributed by atoms with Gasteiger partial charge in [-0.05, 0) is 25.5 Å². The lowest BCUT2D eigenvalue weighted by atomic mass is 9.94. The third-order valence-corrected chi connectivity index (χ3v) is 4.03. The molecule has 102 valence electrons. The van der Waals surface area contributed by atoms with Crippen molar-refractivity contribution in [2.75, 3.05) is 20.2 Å². The summed E-state index contributed by atoms with van der Waals surface area (Å²) in [5.41, 5.74) is 0.969. The summed E-state index contributed by atoms with van der Waals surface area (Å²) >= 11 is 0. The van der Waals surface area contributed by atoms with Gasteiger partial charge < -0.3 is 15.0 Å². The molecule has 2 saturated heterocycles. The number of nitrogens with one attached hydrogen (secondary N) is 1. The fourth-order valence-corrected chi connectivity index (χ4v) is 3.08. The summed E-state index contributed by atoms with van der Waals surface area (Å²) in [5.74, 6) is 1.04. The van der Waals surface area contributed by atoms with E-state index in [0.29, 0.717) is 18.5 Å². The average molecular weight is 261 g/mol. The minimum atomic E-state index is 0.163. The Kier molecular flexibility index (Phi) is 3.38. The van der Waals surface area contributed by atoms with Crippen molar-refractivity contribution in [2.45, 2.75) is 25.4 Å². The summed E-state index contributed by atoms with van der Waals surface area (Å²) in [5, 5.41) is 3.45. The van der Waals surface area contributed by atoms with Gasteiger partial charge in [-0.25, -0.2) is 4.98 Å². The molecule has 1 aromatic rings. The SMILES string of the molecule is COc1ncccc1CN1CC2NCCCC2C1=O. The Morgan fingerprint density at radius 2 is 2.47 bits per heavy atom. The fraction of sp³-hybridized carbons (Fsp3) is 0.571. The second-order valence-corrected chi connectivity index (χ2v) is 5.20. The topological polar surface area (TPSA) is 54.5 Å². The summed E-state index contributed by atoms with van der Waals surface area (Å²) in [4.78, 5) is 18.5. The van der Waals surface area contributed by atoms with E-state index in [2.05, 4.69) is 10.3 Å². The number of carbonyl (C=O) groups excluding carboxylic acids is 1. The Bertz CT molecular complexity index is 478. The van der Waals surface area contributed by atoms with Gasteiger partial charge in [0.2, 0.25) is 11.8 Å². The van der Waals surface area contributed by atoms with Gasteiger partial charge in [0.05, 0.1) is 19.6 Å². The monoisotopic (exact) mass is 261 g/mol. The van der Waals surface area contributed by atoms with E-state index in [1.54, 1.807) is 13.3 Å². The standard InChI is InChI=1S/C14H19N3O2/c1-19-13-10(4-2-7-16-13)8-17-9-12-11(14(17)18)5-3-6-15-12/h2,4,7,11-12,15H,3,5-6,8-9H2,1H3. The highest BCUT2D eigenvalue weighted by atomic mass is 16.5. The van der Waals surface area contributed by atoms with E-state index in [-0.39, 0.29) is 11.8 Å². The number of fused-ring (bicyclic) bond motifs is 1. The Morgan fingerprint density at radius 3 is 3.26 bits per heavy atom. The summed E-state index contributed by atoms with van der Waals surface area (Å²) in [6.07, 6.45) is 3.81. The highest BCUT2D eigenvalue weighted by Crippen LogP contribution is 2.28. The van der Waals surface area contributed by atoms with Crippen LogP contribution in [-0.4, -0.2) is 42.0 Å². The molecule has 19 heavy (non-hydrogen) atoms. The quantitative estimate of drug-likeness (QED) is 0.874. The first kappa shape index (κ1) is 12.4. The van der Waals surface area contributed by atoms with Gasteiger partial charge >= 0.3 is 0 Å². The smallest absolute Gasteiger partial charge is 0.227 e. The van der Waals surface area contributed by atoms with Crippen LogP contribution in [-0.2, 0) is 11.3 Å². The van der Waals surface area contributed by atoms with E-state index < -0.39 is 0 Å². The molecular formula is C14H19N3O2. The highest BCUT2D eigenvalue weighted by Gasteiger charge is 2.41. The van der Waals surface area contributed by atoms with Gasteiger partial charge in [-0.15, -0.1) is 0 Å². The van der Waals surface area contributed by atoms with Crippen LogP contribution in [0.3, 0.4) is 0 Å². The highest BCUT2D eigenvalue weighted by molar-refractivity contribution is 5.82. The van der Waals surface area contributed by atoms with Gasteiger partial charge in [0.25, 0.3) is 0 Å². The lowest BCUT2D eigenvalue weighted by molar-refractivity contribution is -0.131. The maximum Gasteiger partial charge on any atom is 0.227 e. The van der Waals surface area contributed by atoms with E-state index in [0.717, 1.165) is 31.5 Å². The molecule has 5 nitrogen and oxygen atoms in total. The molecule has 0 radical (unpaired) electrons. The van der Waals surface area contributed by atoms with Crippen molar-refractivity contribution >= 4 is 5.91 Å². The first-order chi connectivity index (χ1) is 9.29. The van der Waals surface area contributed by atoms with Gasteiger partial charge in [-0.2, -0.15) is 0 Å². The Labute approximate surface area is 113 Å². The molecule has 2 fully saturated rings. The van der Waals surface area contributed by atoms with Crippen LogP contribution in [0, 0.1) is 5.92 Å². The molecule has 1 aromatic heterocycles. The zero-order chi connectivity index (χ0) is 13.2. The maximum absolute atomic E-state index is 12.4. The summed E-state index contributed by atoms with van der Waals surface area (Å²) in [6.45, 7) is 2.41. The number of methoxy groups -OCH3 is 1. The molecule has 2 unspecified atom stereocenters. The molecule has 0 aliphatic carbocycles. The molecule has 0 aromatic carbocycles. The average Bonchev–Trinajstić information content (AvgIpc) is 2.77. The third kappa shape index (κ3) is 2.30. The van der Waals surface area contributed by atoms with Gasteiger partial charge in [-0.1, -0.05) is 6.07 Å². The number of aromatic nitrogens is 1. The van der Waals surface area contributed by atoms with Crippen molar-refractivity contribution in [3.63, 3.8) is 0 Å². The van der Waals surface area contributed by atoms with Gasteiger partial charge in [0, 0.05) is 24.3 Å². The molecule has 2 aliphatic heterocycles. The van der Waals surface area contributed by atoms with E-state index in [1.165, 1.54) is 0 Å². The van der Waals surface area contributed by atoms with Crippen molar-refractivity contribution in [3.8, 4) is 5.88 Å². The van der Waals surface area contributed by atoms with Crippen LogP contribution < -0.4 is 10.1 Å². The third-order valence-electron chi connectivity index (χ3n) is 4.03. The lowest BCUT2D eigenvalue weighted by Crippen LogP contribution is -2.41. The Balaban J connectivity index is 1.75. The van der Waals surface area contributed by atoms with Crippen LogP contribution in [0.5, 0.6) is 5.88 Å². The number of rotatable bonds is 3. The van der Waals surface area contributed by atoms with E-state index in [4.69, 9.17) is 4.74 Å².